The quantitative estimate of drug-likeness (QED) is 0.539. The highest BCUT2D eigenvalue weighted by Gasteiger charge is 2.54. The topological polar surface area (TPSA) is 43.8 Å². The standard InChI is InChI=1S/C7H12N2O2/c1-8-4-7(5-8)2-3-9(7)6(10)11/h2-5H2,1H3,(H,10,11). The number of likely N-dealkylation sites (tertiary alicyclic amines) is 2. The van der Waals surface area contributed by atoms with Crippen LogP contribution in [0.4, 0.5) is 4.79 Å². The Kier molecular flexibility index (Phi) is 1.18. The largest absolute Gasteiger partial charge is 0.465 e. The van der Waals surface area contributed by atoms with Crippen LogP contribution in [0.3, 0.4) is 0 Å². The summed E-state index contributed by atoms with van der Waals surface area (Å²) in [4.78, 5) is 14.3. The fourth-order valence-corrected chi connectivity index (χ4v) is 2.13. The van der Waals surface area contributed by atoms with Gasteiger partial charge in [-0.2, -0.15) is 0 Å². The molecule has 0 aromatic rings. The van der Waals surface area contributed by atoms with Gasteiger partial charge in [-0.3, -0.25) is 4.90 Å². The van der Waals surface area contributed by atoms with Crippen LogP contribution in [0, 0.1) is 0 Å². The lowest BCUT2D eigenvalue weighted by atomic mass is 9.78. The van der Waals surface area contributed by atoms with E-state index in [-0.39, 0.29) is 5.54 Å². The van der Waals surface area contributed by atoms with Crippen LogP contribution >= 0.6 is 0 Å². The molecule has 0 atom stereocenters. The van der Waals surface area contributed by atoms with Gasteiger partial charge in [0, 0.05) is 19.6 Å². The van der Waals surface area contributed by atoms with E-state index >= 15 is 0 Å². The Bertz CT molecular complexity index is 199. The second-order valence-electron chi connectivity index (χ2n) is 3.58. The highest BCUT2D eigenvalue weighted by molar-refractivity contribution is 5.68. The van der Waals surface area contributed by atoms with Crippen molar-refractivity contribution < 1.29 is 9.90 Å². The summed E-state index contributed by atoms with van der Waals surface area (Å²) in [6.07, 6.45) is 0.285. The maximum absolute atomic E-state index is 10.6. The molecule has 2 aliphatic rings. The first kappa shape index (κ1) is 6.91. The predicted molar refractivity (Wildman–Crippen MR) is 39.6 cm³/mol. The Labute approximate surface area is 65.4 Å². The molecule has 1 N–H and O–H groups in total. The van der Waals surface area contributed by atoms with E-state index in [1.807, 2.05) is 7.05 Å². The average Bonchev–Trinajstić information content (AvgIpc) is 1.76. The number of likely N-dealkylation sites (N-methyl/N-ethyl adjacent to an activating group) is 1. The lowest BCUT2D eigenvalue weighted by Gasteiger charge is -2.60. The molecule has 4 heteroatoms. The zero-order valence-corrected chi connectivity index (χ0v) is 6.58. The first-order chi connectivity index (χ1) is 5.14. The van der Waals surface area contributed by atoms with Gasteiger partial charge in [-0.15, -0.1) is 0 Å². The molecule has 2 aliphatic heterocycles. The molecular formula is C7H12N2O2. The molecular weight excluding hydrogens is 144 g/mol. The molecule has 0 saturated carbocycles. The number of hydrogen-bond donors (Lipinski definition) is 1. The summed E-state index contributed by atoms with van der Waals surface area (Å²) >= 11 is 0. The van der Waals surface area contributed by atoms with Crippen molar-refractivity contribution in [3.8, 4) is 0 Å². The second-order valence-corrected chi connectivity index (χ2v) is 3.58. The van der Waals surface area contributed by atoms with E-state index in [1.165, 1.54) is 0 Å². The van der Waals surface area contributed by atoms with Crippen LogP contribution in [0.1, 0.15) is 6.42 Å². The molecule has 0 radical (unpaired) electrons. The third-order valence-corrected chi connectivity index (χ3v) is 2.73. The van der Waals surface area contributed by atoms with Gasteiger partial charge >= 0.3 is 6.09 Å². The van der Waals surface area contributed by atoms with Crippen molar-refractivity contribution in [2.24, 2.45) is 0 Å². The highest BCUT2D eigenvalue weighted by atomic mass is 16.4. The van der Waals surface area contributed by atoms with Gasteiger partial charge in [0.1, 0.15) is 0 Å². The third kappa shape index (κ3) is 0.758. The van der Waals surface area contributed by atoms with Crippen LogP contribution in [0.5, 0.6) is 0 Å². The van der Waals surface area contributed by atoms with Crippen LogP contribution in [0.25, 0.3) is 0 Å². The van der Waals surface area contributed by atoms with E-state index in [1.54, 1.807) is 4.90 Å². The lowest BCUT2D eigenvalue weighted by molar-refractivity contribution is -0.0938. The van der Waals surface area contributed by atoms with E-state index in [2.05, 4.69) is 4.90 Å². The van der Waals surface area contributed by atoms with E-state index in [0.29, 0.717) is 0 Å². The van der Waals surface area contributed by atoms with E-state index in [0.717, 1.165) is 26.1 Å². The maximum Gasteiger partial charge on any atom is 0.407 e. The Morgan fingerprint density at radius 2 is 2.18 bits per heavy atom. The molecule has 2 fully saturated rings. The van der Waals surface area contributed by atoms with Crippen LogP contribution in [-0.4, -0.2) is 53.2 Å². The zero-order chi connectivity index (χ0) is 8.06. The Balaban J connectivity index is 2.01. The molecule has 2 saturated heterocycles. The Hall–Kier alpha value is -0.770. The number of hydrogen-bond acceptors (Lipinski definition) is 2. The summed E-state index contributed by atoms with van der Waals surface area (Å²) in [6.45, 7) is 2.56. The van der Waals surface area contributed by atoms with Crippen LogP contribution < -0.4 is 0 Å². The van der Waals surface area contributed by atoms with Gasteiger partial charge in [0.2, 0.25) is 0 Å². The fourth-order valence-electron chi connectivity index (χ4n) is 2.13. The zero-order valence-electron chi connectivity index (χ0n) is 6.58. The summed E-state index contributed by atoms with van der Waals surface area (Å²) in [6, 6.07) is 0. The molecule has 4 nitrogen and oxygen atoms in total. The van der Waals surface area contributed by atoms with Crippen molar-refractivity contribution in [1.29, 1.82) is 0 Å². The summed E-state index contributed by atoms with van der Waals surface area (Å²) in [5.74, 6) is 0. The summed E-state index contributed by atoms with van der Waals surface area (Å²) in [5.41, 5.74) is 0.0145. The first-order valence-corrected chi connectivity index (χ1v) is 3.83. The number of amides is 1. The van der Waals surface area contributed by atoms with Crippen molar-refractivity contribution >= 4 is 6.09 Å². The molecule has 0 bridgehead atoms. The number of nitrogens with zero attached hydrogens (tertiary/aromatic N) is 2. The van der Waals surface area contributed by atoms with Crippen molar-refractivity contribution in [3.05, 3.63) is 0 Å². The van der Waals surface area contributed by atoms with Crippen molar-refractivity contribution in [2.75, 3.05) is 26.7 Å². The molecule has 0 aliphatic carbocycles. The molecule has 2 rings (SSSR count). The molecule has 2 heterocycles. The molecule has 0 aromatic carbocycles. The molecule has 62 valence electrons. The maximum atomic E-state index is 10.6. The van der Waals surface area contributed by atoms with Crippen molar-refractivity contribution in [2.45, 2.75) is 12.0 Å². The van der Waals surface area contributed by atoms with Gasteiger partial charge in [-0.05, 0) is 13.5 Å². The SMILES string of the molecule is CN1CC2(CCN2C(=O)O)C1. The van der Waals surface area contributed by atoms with Crippen molar-refractivity contribution in [3.63, 3.8) is 0 Å². The van der Waals surface area contributed by atoms with Gasteiger partial charge in [0.05, 0.1) is 5.54 Å². The Morgan fingerprint density at radius 1 is 1.55 bits per heavy atom. The normalized spacial score (nSPS) is 27.9. The van der Waals surface area contributed by atoms with Crippen LogP contribution in [-0.2, 0) is 0 Å². The predicted octanol–water partition coefficient (Wildman–Crippen LogP) is 0.0543. The van der Waals surface area contributed by atoms with E-state index in [4.69, 9.17) is 5.11 Å². The minimum Gasteiger partial charge on any atom is -0.465 e. The van der Waals surface area contributed by atoms with Gasteiger partial charge in [-0.1, -0.05) is 0 Å². The fraction of sp³-hybridized carbons (Fsp3) is 0.857. The molecule has 11 heavy (non-hydrogen) atoms. The van der Waals surface area contributed by atoms with E-state index in [9.17, 15) is 4.79 Å². The molecule has 0 aromatic heterocycles. The number of carboxylic acid groups (broad SMARTS) is 1. The molecule has 0 unspecified atom stereocenters. The molecule has 1 spiro atoms. The summed E-state index contributed by atoms with van der Waals surface area (Å²) in [5, 5.41) is 8.73. The van der Waals surface area contributed by atoms with Gasteiger partial charge < -0.3 is 10.0 Å². The van der Waals surface area contributed by atoms with Crippen LogP contribution in [0.15, 0.2) is 0 Å². The minimum atomic E-state index is -0.760. The molecule has 1 amide bonds. The van der Waals surface area contributed by atoms with Crippen molar-refractivity contribution in [1.82, 2.24) is 9.80 Å². The Morgan fingerprint density at radius 3 is 2.45 bits per heavy atom. The number of carbonyl (C=O) groups is 1. The minimum absolute atomic E-state index is 0.0145. The lowest BCUT2D eigenvalue weighted by Crippen LogP contribution is -2.76. The summed E-state index contributed by atoms with van der Waals surface area (Å²) < 4.78 is 0. The van der Waals surface area contributed by atoms with Gasteiger partial charge in [-0.25, -0.2) is 4.79 Å². The second kappa shape index (κ2) is 1.88. The van der Waals surface area contributed by atoms with Crippen LogP contribution in [0.2, 0.25) is 0 Å². The highest BCUT2D eigenvalue weighted by Crippen LogP contribution is 2.37. The van der Waals surface area contributed by atoms with E-state index < -0.39 is 6.09 Å². The summed E-state index contributed by atoms with van der Waals surface area (Å²) in [7, 11) is 2.02. The van der Waals surface area contributed by atoms with Gasteiger partial charge in [0.15, 0.2) is 0 Å². The number of rotatable bonds is 0. The monoisotopic (exact) mass is 156 g/mol. The van der Waals surface area contributed by atoms with Gasteiger partial charge in [0.25, 0.3) is 0 Å². The third-order valence-electron chi connectivity index (χ3n) is 2.73. The smallest absolute Gasteiger partial charge is 0.407 e. The first-order valence-electron chi connectivity index (χ1n) is 3.83. The average molecular weight is 156 g/mol.